The highest BCUT2D eigenvalue weighted by atomic mass is 32.1. The Kier molecular flexibility index (Phi) is 5.00. The lowest BCUT2D eigenvalue weighted by molar-refractivity contribution is 0.0936. The zero-order chi connectivity index (χ0) is 17.8. The molecule has 1 aromatic carbocycles. The Morgan fingerprint density at radius 3 is 2.52 bits per heavy atom. The van der Waals surface area contributed by atoms with Gasteiger partial charge in [0.15, 0.2) is 0 Å². The molecule has 1 unspecified atom stereocenters. The summed E-state index contributed by atoms with van der Waals surface area (Å²) in [5, 5.41) is 7.52. The van der Waals surface area contributed by atoms with Gasteiger partial charge in [0, 0.05) is 0 Å². The van der Waals surface area contributed by atoms with E-state index < -0.39 is 0 Å². The van der Waals surface area contributed by atoms with Crippen LogP contribution in [0.1, 0.15) is 44.5 Å². The predicted molar refractivity (Wildman–Crippen MR) is 98.0 cm³/mol. The number of thiophene rings is 1. The molecule has 2 N–H and O–H groups in total. The van der Waals surface area contributed by atoms with E-state index in [-0.39, 0.29) is 17.9 Å². The van der Waals surface area contributed by atoms with Gasteiger partial charge in [-0.2, -0.15) is 0 Å². The minimum absolute atomic E-state index is 0.232. The monoisotopic (exact) mass is 354 g/mol. The maximum absolute atomic E-state index is 12.6. The first-order valence-corrected chi connectivity index (χ1v) is 8.73. The molecular weight excluding hydrogens is 336 g/mol. The van der Waals surface area contributed by atoms with E-state index in [2.05, 4.69) is 10.6 Å². The van der Waals surface area contributed by atoms with Crippen LogP contribution in [0.15, 0.2) is 58.3 Å². The van der Waals surface area contributed by atoms with Crippen LogP contribution in [0.5, 0.6) is 0 Å². The molecule has 0 radical (unpaired) electrons. The van der Waals surface area contributed by atoms with Gasteiger partial charge in [0.25, 0.3) is 11.8 Å². The van der Waals surface area contributed by atoms with Crippen molar-refractivity contribution in [1.82, 2.24) is 5.32 Å². The molecule has 128 valence electrons. The molecule has 6 heteroatoms. The summed E-state index contributed by atoms with van der Waals surface area (Å²) in [6.45, 7) is 3.70. The third kappa shape index (κ3) is 3.97. The lowest BCUT2D eigenvalue weighted by Crippen LogP contribution is -2.27. The zero-order valence-corrected chi connectivity index (χ0v) is 14.7. The molecule has 1 atom stereocenters. The number of benzene rings is 1. The second kappa shape index (κ2) is 7.36. The fraction of sp³-hybridized carbons (Fsp3) is 0.158. The first-order valence-electron chi connectivity index (χ1n) is 7.85. The molecule has 0 saturated heterocycles. The summed E-state index contributed by atoms with van der Waals surface area (Å²) in [6, 6.07) is 13.9. The number of carbonyl (C=O) groups is 2. The minimum atomic E-state index is -0.276. The molecule has 0 aliphatic rings. The molecule has 2 heterocycles. The van der Waals surface area contributed by atoms with Crippen molar-refractivity contribution in [2.75, 3.05) is 5.32 Å². The normalized spacial score (nSPS) is 11.8. The van der Waals surface area contributed by atoms with E-state index in [1.54, 1.807) is 30.3 Å². The van der Waals surface area contributed by atoms with Crippen molar-refractivity contribution in [3.8, 4) is 0 Å². The van der Waals surface area contributed by atoms with Gasteiger partial charge < -0.3 is 15.1 Å². The van der Waals surface area contributed by atoms with Crippen LogP contribution in [0.4, 0.5) is 5.69 Å². The average Bonchev–Trinajstić information content (AvgIpc) is 3.26. The van der Waals surface area contributed by atoms with Crippen molar-refractivity contribution < 1.29 is 14.0 Å². The number of para-hydroxylation sites is 1. The molecule has 0 bridgehead atoms. The maximum Gasteiger partial charge on any atom is 0.265 e. The molecule has 2 aromatic heterocycles. The van der Waals surface area contributed by atoms with Crippen LogP contribution in [0.3, 0.4) is 0 Å². The molecule has 0 saturated carbocycles. The van der Waals surface area contributed by atoms with Crippen molar-refractivity contribution in [2.45, 2.75) is 19.9 Å². The Bertz CT molecular complexity index is 884. The molecule has 25 heavy (non-hydrogen) atoms. The Balaban J connectivity index is 1.75. The fourth-order valence-corrected chi connectivity index (χ4v) is 3.03. The van der Waals surface area contributed by atoms with E-state index in [4.69, 9.17) is 4.42 Å². The molecule has 3 rings (SSSR count). The Hall–Kier alpha value is -2.86. The number of furan rings is 1. The van der Waals surface area contributed by atoms with E-state index >= 15 is 0 Å². The number of amides is 2. The van der Waals surface area contributed by atoms with Crippen LogP contribution in [-0.4, -0.2) is 11.8 Å². The van der Waals surface area contributed by atoms with Gasteiger partial charge in [-0.15, -0.1) is 11.3 Å². The second-order valence-electron chi connectivity index (χ2n) is 5.62. The Morgan fingerprint density at radius 1 is 1.04 bits per heavy atom. The number of rotatable bonds is 5. The summed E-state index contributed by atoms with van der Waals surface area (Å²) in [4.78, 5) is 25.5. The van der Waals surface area contributed by atoms with Crippen LogP contribution in [0, 0.1) is 6.92 Å². The van der Waals surface area contributed by atoms with Crippen molar-refractivity contribution in [2.24, 2.45) is 0 Å². The standard InChI is InChI=1S/C19H18N2O3S/c1-12-9-10-16(24-12)13(2)20-18(22)14-6-3-4-7-15(14)21-19(23)17-8-5-11-25-17/h3-11,13H,1-2H3,(H,20,22)(H,21,23). The smallest absolute Gasteiger partial charge is 0.265 e. The number of nitrogens with one attached hydrogen (secondary N) is 2. The van der Waals surface area contributed by atoms with Gasteiger partial charge in [-0.25, -0.2) is 0 Å². The SMILES string of the molecule is Cc1ccc(C(C)NC(=O)c2ccccc2NC(=O)c2cccs2)o1. The molecule has 2 amide bonds. The topological polar surface area (TPSA) is 71.3 Å². The average molecular weight is 354 g/mol. The van der Waals surface area contributed by atoms with Crippen molar-refractivity contribution in [3.63, 3.8) is 0 Å². The Labute approximate surface area is 149 Å². The van der Waals surface area contributed by atoms with Gasteiger partial charge >= 0.3 is 0 Å². The third-order valence-electron chi connectivity index (χ3n) is 3.70. The van der Waals surface area contributed by atoms with Crippen molar-refractivity contribution >= 4 is 28.8 Å². The first-order chi connectivity index (χ1) is 12.0. The van der Waals surface area contributed by atoms with E-state index in [9.17, 15) is 9.59 Å². The van der Waals surface area contributed by atoms with Gasteiger partial charge in [-0.05, 0) is 49.6 Å². The third-order valence-corrected chi connectivity index (χ3v) is 4.57. The van der Waals surface area contributed by atoms with Crippen LogP contribution >= 0.6 is 11.3 Å². The number of aryl methyl sites for hydroxylation is 1. The highest BCUT2D eigenvalue weighted by molar-refractivity contribution is 7.12. The maximum atomic E-state index is 12.6. The van der Waals surface area contributed by atoms with E-state index in [1.807, 2.05) is 37.4 Å². The summed E-state index contributed by atoms with van der Waals surface area (Å²) in [7, 11) is 0. The van der Waals surface area contributed by atoms with E-state index in [1.165, 1.54) is 11.3 Å². The summed E-state index contributed by atoms with van der Waals surface area (Å²) >= 11 is 1.35. The fourth-order valence-electron chi connectivity index (χ4n) is 2.41. The number of hydrogen-bond acceptors (Lipinski definition) is 4. The van der Waals surface area contributed by atoms with Crippen molar-refractivity contribution in [1.29, 1.82) is 0 Å². The molecule has 0 fully saturated rings. The van der Waals surface area contributed by atoms with Gasteiger partial charge in [0.1, 0.15) is 11.5 Å². The van der Waals surface area contributed by atoms with E-state index in [0.29, 0.717) is 21.9 Å². The quantitative estimate of drug-likeness (QED) is 0.714. The van der Waals surface area contributed by atoms with E-state index in [0.717, 1.165) is 5.76 Å². The van der Waals surface area contributed by atoms with Gasteiger partial charge in [-0.1, -0.05) is 18.2 Å². The van der Waals surface area contributed by atoms with Gasteiger partial charge in [0.2, 0.25) is 0 Å². The summed E-state index contributed by atoms with van der Waals surface area (Å²) < 4.78 is 5.54. The largest absolute Gasteiger partial charge is 0.464 e. The summed E-state index contributed by atoms with van der Waals surface area (Å²) in [5.41, 5.74) is 0.878. The molecule has 0 aliphatic carbocycles. The van der Waals surface area contributed by atoms with Gasteiger partial charge in [-0.3, -0.25) is 9.59 Å². The predicted octanol–water partition coefficient (Wildman–Crippen LogP) is 4.39. The Morgan fingerprint density at radius 2 is 1.84 bits per heavy atom. The molecular formula is C19H18N2O3S. The first kappa shape index (κ1) is 17.0. The van der Waals surface area contributed by atoms with Crippen molar-refractivity contribution in [3.05, 3.63) is 75.9 Å². The summed E-state index contributed by atoms with van der Waals surface area (Å²) in [6.07, 6.45) is 0. The lowest BCUT2D eigenvalue weighted by atomic mass is 10.1. The van der Waals surface area contributed by atoms with Gasteiger partial charge in [0.05, 0.1) is 22.2 Å². The second-order valence-corrected chi connectivity index (χ2v) is 6.57. The number of anilines is 1. The molecule has 5 nitrogen and oxygen atoms in total. The highest BCUT2D eigenvalue weighted by Gasteiger charge is 2.18. The van der Waals surface area contributed by atoms with Crippen LogP contribution in [-0.2, 0) is 0 Å². The number of carbonyl (C=O) groups excluding carboxylic acids is 2. The minimum Gasteiger partial charge on any atom is -0.464 e. The summed E-state index contributed by atoms with van der Waals surface area (Å²) in [5.74, 6) is 0.972. The van der Waals surface area contributed by atoms with Crippen LogP contribution < -0.4 is 10.6 Å². The van der Waals surface area contributed by atoms with Crippen LogP contribution in [0.2, 0.25) is 0 Å². The molecule has 3 aromatic rings. The molecule has 0 aliphatic heterocycles. The zero-order valence-electron chi connectivity index (χ0n) is 13.9. The van der Waals surface area contributed by atoms with Crippen LogP contribution in [0.25, 0.3) is 0 Å². The lowest BCUT2D eigenvalue weighted by Gasteiger charge is -2.14. The number of hydrogen-bond donors (Lipinski definition) is 2. The highest BCUT2D eigenvalue weighted by Crippen LogP contribution is 2.20. The molecule has 0 spiro atoms.